The number of aromatic hydroxyl groups is 3. The fourth-order valence-corrected chi connectivity index (χ4v) is 15.9. The van der Waals surface area contributed by atoms with Gasteiger partial charge in [-0.1, -0.05) is 120 Å². The van der Waals surface area contributed by atoms with Crippen molar-refractivity contribution in [3.8, 4) is 35.8 Å². The van der Waals surface area contributed by atoms with Crippen molar-refractivity contribution >= 4 is 64.2 Å². The summed E-state index contributed by atoms with van der Waals surface area (Å²) in [6.45, 7) is 29.3. The van der Waals surface area contributed by atoms with Crippen LogP contribution in [0.1, 0.15) is 199 Å². The maximum atomic E-state index is 13.9. The van der Waals surface area contributed by atoms with Crippen molar-refractivity contribution in [2.75, 3.05) is 39.3 Å². The van der Waals surface area contributed by atoms with E-state index in [1.54, 1.807) is 44.1 Å². The molecule has 0 aliphatic carbocycles. The monoisotopic (exact) mass is 1500 g/mol. The molecule has 0 spiro atoms. The van der Waals surface area contributed by atoms with Crippen molar-refractivity contribution in [2.45, 2.75) is 221 Å². The highest BCUT2D eigenvalue weighted by molar-refractivity contribution is 7.89. The second-order valence-electron chi connectivity index (χ2n) is 25.2. The Morgan fingerprint density at radius 3 is 0.962 bits per heavy atom. The molecule has 3 aromatic heterocycles. The van der Waals surface area contributed by atoms with Crippen LogP contribution in [0.5, 0.6) is 17.6 Å². The maximum absolute atomic E-state index is 13.9. The van der Waals surface area contributed by atoms with Crippen molar-refractivity contribution in [1.29, 1.82) is 15.8 Å². The van der Waals surface area contributed by atoms with E-state index >= 15 is 0 Å². The highest BCUT2D eigenvalue weighted by Gasteiger charge is 2.30. The lowest BCUT2D eigenvalue weighted by atomic mass is 9.97. The summed E-state index contributed by atoms with van der Waals surface area (Å²) in [6, 6.07) is 23.8. The molecule has 2 atom stereocenters. The van der Waals surface area contributed by atoms with Gasteiger partial charge in [0.15, 0.2) is 17.1 Å². The Morgan fingerprint density at radius 2 is 0.686 bits per heavy atom. The number of benzene rings is 3. The van der Waals surface area contributed by atoms with Gasteiger partial charge < -0.3 is 15.3 Å². The smallest absolute Gasteiger partial charge is 0.281 e. The fourth-order valence-electron chi connectivity index (χ4n) is 11.4. The van der Waals surface area contributed by atoms with E-state index in [4.69, 9.17) is 0 Å². The standard InChI is InChI=1S/C31H47N5O4S.C23H31N5O4S.C21H27N5O4S/c1-7-12-14-24(9-3)21-35(22-25(10-4)15-13-8-2)41(39,40)27-18-16-26(17-19-27)33-34-29-23(6)28(20-32)30(37)36(11-5)31(29)38;1-5-8-14-27(15-9-6-2)33(31,32)19-12-10-18(11-13-19)25-26-21-17(4)20(16-24)22(29)28(7-3)23(21)30;1-5-8-13-26-20(27)18(14-22)15(4)19(21(26)28)24-23-16-9-11-17(12-10-16)31(29,30)25(6-2)7-3/h16-19,24-25,37H,7-15,21-22H2,1-6H3;10-13,29H,5-9,14-15H2,1-4H3;9-12,27H,5-8,13H2,1-4H3. The molecule has 105 heavy (non-hydrogen) atoms. The van der Waals surface area contributed by atoms with Gasteiger partial charge in [-0.15, -0.1) is 15.3 Å². The van der Waals surface area contributed by atoms with Crippen LogP contribution >= 0.6 is 0 Å². The predicted octanol–water partition coefficient (Wildman–Crippen LogP) is 16.3. The van der Waals surface area contributed by atoms with Gasteiger partial charge in [0.2, 0.25) is 47.7 Å². The van der Waals surface area contributed by atoms with Gasteiger partial charge in [0, 0.05) is 75.6 Å². The van der Waals surface area contributed by atoms with E-state index in [1.807, 2.05) is 39.0 Å². The Bertz CT molecular complexity index is 4620. The van der Waals surface area contributed by atoms with E-state index in [2.05, 4.69) is 58.4 Å². The van der Waals surface area contributed by atoms with Crippen molar-refractivity contribution < 1.29 is 40.6 Å². The lowest BCUT2D eigenvalue weighted by molar-refractivity contribution is 0.270. The number of pyridine rings is 3. The molecule has 3 heterocycles. The molecular formula is C75H105N15O12S3. The van der Waals surface area contributed by atoms with Gasteiger partial charge in [-0.25, -0.2) is 25.3 Å². The molecule has 30 heteroatoms. The van der Waals surface area contributed by atoms with E-state index in [1.165, 1.54) is 90.0 Å². The van der Waals surface area contributed by atoms with Gasteiger partial charge in [-0.2, -0.15) is 44.0 Å². The van der Waals surface area contributed by atoms with Gasteiger partial charge in [0.05, 0.1) is 31.7 Å². The summed E-state index contributed by atoms with van der Waals surface area (Å²) in [5, 5.41) is 83.2. The third kappa shape index (κ3) is 22.7. The summed E-state index contributed by atoms with van der Waals surface area (Å²) in [6.07, 6.45) is 13.1. The molecule has 0 amide bonds. The number of hydrogen-bond donors (Lipinski definition) is 3. The second-order valence-corrected chi connectivity index (χ2v) is 31.0. The first-order valence-corrected chi connectivity index (χ1v) is 40.5. The Kier molecular flexibility index (Phi) is 36.0. The van der Waals surface area contributed by atoms with Gasteiger partial charge in [0.25, 0.3) is 16.7 Å². The molecule has 6 aromatic rings. The van der Waals surface area contributed by atoms with Crippen molar-refractivity contribution in [1.82, 2.24) is 26.6 Å². The molecule has 6 rings (SSSR count). The molecule has 27 nitrogen and oxygen atoms in total. The van der Waals surface area contributed by atoms with Crippen LogP contribution < -0.4 is 16.7 Å². The maximum Gasteiger partial charge on any atom is 0.281 e. The first-order chi connectivity index (χ1) is 50.0. The average molecular weight is 1500 g/mol. The predicted molar refractivity (Wildman–Crippen MR) is 408 cm³/mol. The van der Waals surface area contributed by atoms with Crippen LogP contribution in [0.25, 0.3) is 0 Å². The summed E-state index contributed by atoms with van der Waals surface area (Å²) in [5.41, 5.74) is -0.0820. The quantitative estimate of drug-likeness (QED) is 0.0305. The summed E-state index contributed by atoms with van der Waals surface area (Å²) in [7, 11) is -10.9. The van der Waals surface area contributed by atoms with Crippen molar-refractivity contribution in [3.63, 3.8) is 0 Å². The van der Waals surface area contributed by atoms with Gasteiger partial charge in [0.1, 0.15) is 34.9 Å². The van der Waals surface area contributed by atoms with Crippen LogP contribution in [0.2, 0.25) is 0 Å². The minimum absolute atomic E-state index is 0.0229. The normalized spacial score (nSPS) is 12.5. The van der Waals surface area contributed by atoms with E-state index in [0.29, 0.717) is 74.6 Å². The zero-order valence-corrected chi connectivity index (χ0v) is 65.7. The molecule has 0 saturated heterocycles. The molecule has 0 bridgehead atoms. The van der Waals surface area contributed by atoms with Crippen LogP contribution in [-0.4, -0.2) is 106 Å². The number of unbranched alkanes of at least 4 members (excludes halogenated alkanes) is 5. The third-order valence-electron chi connectivity index (χ3n) is 18.1. The summed E-state index contributed by atoms with van der Waals surface area (Å²) in [5.74, 6) is -0.549. The van der Waals surface area contributed by atoms with Crippen LogP contribution in [0.3, 0.4) is 0 Å². The van der Waals surface area contributed by atoms with Crippen LogP contribution in [0.4, 0.5) is 34.1 Å². The van der Waals surface area contributed by atoms with E-state index < -0.39 is 58.5 Å². The lowest BCUT2D eigenvalue weighted by Gasteiger charge is -2.30. The number of rotatable bonds is 37. The number of sulfonamides is 3. The minimum atomic E-state index is -3.74. The molecule has 3 aromatic carbocycles. The highest BCUT2D eigenvalue weighted by Crippen LogP contribution is 2.33. The van der Waals surface area contributed by atoms with Crippen molar-refractivity contribution in [2.24, 2.45) is 42.5 Å². The molecule has 570 valence electrons. The second kappa shape index (κ2) is 42.8. The van der Waals surface area contributed by atoms with Crippen LogP contribution in [0.15, 0.2) is 133 Å². The van der Waals surface area contributed by atoms with Crippen molar-refractivity contribution in [3.05, 3.63) is 137 Å². The molecule has 0 aliphatic rings. The molecule has 0 fully saturated rings. The zero-order valence-electron chi connectivity index (χ0n) is 63.3. The number of hydrogen-bond acceptors (Lipinski definition) is 21. The Labute approximate surface area is 619 Å². The largest absolute Gasteiger partial charge is 0.493 e. The highest BCUT2D eigenvalue weighted by atomic mass is 32.2. The van der Waals surface area contributed by atoms with E-state index in [0.717, 1.165) is 97.2 Å². The average Bonchev–Trinajstić information content (AvgIpc) is 0.808. The number of nitrogens with zero attached hydrogens (tertiary/aromatic N) is 15. The Balaban J connectivity index is 0.000000337. The van der Waals surface area contributed by atoms with Gasteiger partial charge >= 0.3 is 0 Å². The fraction of sp³-hybridized carbons (Fsp3) is 0.520. The number of aromatic nitrogens is 3. The van der Waals surface area contributed by atoms with E-state index in [9.17, 15) is 70.7 Å². The summed E-state index contributed by atoms with van der Waals surface area (Å²) >= 11 is 0. The molecule has 0 radical (unpaired) electrons. The molecule has 0 aliphatic heterocycles. The Morgan fingerprint density at radius 1 is 0.400 bits per heavy atom. The summed E-state index contributed by atoms with van der Waals surface area (Å²) in [4.78, 5) is 38.7. The topological polar surface area (TPSA) is 384 Å². The SMILES string of the molecule is CCCCC(CC)CN(CC(CC)CCCC)S(=O)(=O)c1ccc(N=Nc2c(C)c(C#N)c(O)n(CC)c2=O)cc1.CCCCN(CCCC)S(=O)(=O)c1ccc(N=Nc2c(C)c(C#N)c(O)n(CC)c2=O)cc1.CCCCn1c(O)c(C#N)c(C)c(N=Nc2ccc(S(=O)(=O)N(CC)CC)cc2)c1=O. The van der Waals surface area contributed by atoms with Gasteiger partial charge in [-0.3, -0.25) is 28.1 Å². The zero-order chi connectivity index (χ0) is 78.4. The molecule has 0 saturated carbocycles. The first-order valence-electron chi connectivity index (χ1n) is 36.2. The first kappa shape index (κ1) is 88.3. The molecule has 2 unspecified atom stereocenters. The lowest BCUT2D eigenvalue weighted by Crippen LogP contribution is -2.39. The number of azo groups is 3. The van der Waals surface area contributed by atoms with Crippen LogP contribution in [0, 0.1) is 66.6 Å². The third-order valence-corrected chi connectivity index (χ3v) is 24.0. The Hall–Kier alpha value is -9.09. The molecular weight excluding hydrogens is 1400 g/mol. The van der Waals surface area contributed by atoms with Gasteiger partial charge in [-0.05, 0) is 151 Å². The molecule has 3 N–H and O–H groups in total. The van der Waals surface area contributed by atoms with E-state index in [-0.39, 0.29) is 90.6 Å². The number of nitriles is 3. The van der Waals surface area contributed by atoms with Crippen LogP contribution in [-0.2, 0) is 49.7 Å². The minimum Gasteiger partial charge on any atom is -0.493 e. The summed E-state index contributed by atoms with van der Waals surface area (Å²) < 4.78 is 86.9.